The Balaban J connectivity index is 1.99. The van der Waals surface area contributed by atoms with E-state index in [0.29, 0.717) is 13.0 Å². The van der Waals surface area contributed by atoms with Crippen LogP contribution < -0.4 is 5.32 Å². The van der Waals surface area contributed by atoms with Crippen molar-refractivity contribution in [2.24, 2.45) is 5.92 Å². The Morgan fingerprint density at radius 1 is 1.45 bits per heavy atom. The third kappa shape index (κ3) is 3.09. The molecule has 0 aromatic heterocycles. The second kappa shape index (κ2) is 6.21. The van der Waals surface area contributed by atoms with Crippen molar-refractivity contribution in [2.45, 2.75) is 38.8 Å². The summed E-state index contributed by atoms with van der Waals surface area (Å²) < 4.78 is 9.76. The predicted molar refractivity (Wildman–Crippen MR) is 68.8 cm³/mol. The van der Waals surface area contributed by atoms with Crippen LogP contribution in [0.1, 0.15) is 26.7 Å². The van der Waals surface area contributed by atoms with Crippen molar-refractivity contribution in [1.29, 1.82) is 0 Å². The molecule has 0 aromatic carbocycles. The third-order valence-electron chi connectivity index (χ3n) is 3.55. The van der Waals surface area contributed by atoms with Gasteiger partial charge >= 0.3 is 18.0 Å². The van der Waals surface area contributed by atoms with Crippen molar-refractivity contribution in [3.8, 4) is 0 Å². The molecule has 2 aliphatic rings. The molecule has 7 nitrogen and oxygen atoms in total. The van der Waals surface area contributed by atoms with Gasteiger partial charge in [0.2, 0.25) is 0 Å². The molecule has 0 bridgehead atoms. The summed E-state index contributed by atoms with van der Waals surface area (Å²) in [4.78, 5) is 36.9. The van der Waals surface area contributed by atoms with Crippen LogP contribution in [0, 0.1) is 5.92 Å². The van der Waals surface area contributed by atoms with E-state index < -0.39 is 30.1 Å². The number of nitrogens with zero attached hydrogens (tertiary/aromatic N) is 1. The van der Waals surface area contributed by atoms with E-state index in [9.17, 15) is 14.4 Å². The van der Waals surface area contributed by atoms with Crippen LogP contribution in [0.25, 0.3) is 0 Å². The molecule has 0 radical (unpaired) electrons. The molecule has 1 amide bonds. The Morgan fingerprint density at radius 2 is 2.20 bits per heavy atom. The number of nitrogens with one attached hydrogen (secondary N) is 1. The van der Waals surface area contributed by atoms with E-state index >= 15 is 0 Å². The molecule has 0 spiro atoms. The number of ether oxygens (including phenoxy) is 2. The maximum atomic E-state index is 12.2. The lowest BCUT2D eigenvalue weighted by Crippen LogP contribution is -2.48. The van der Waals surface area contributed by atoms with E-state index in [4.69, 9.17) is 9.47 Å². The van der Waals surface area contributed by atoms with E-state index in [1.807, 2.05) is 0 Å². The Kier molecular flexibility index (Phi) is 4.59. The Morgan fingerprint density at radius 3 is 2.70 bits per heavy atom. The van der Waals surface area contributed by atoms with Gasteiger partial charge in [-0.1, -0.05) is 13.8 Å². The topological polar surface area (TPSA) is 84.9 Å². The fourth-order valence-electron chi connectivity index (χ4n) is 2.53. The minimum Gasteiger partial charge on any atom is -0.448 e. The highest BCUT2D eigenvalue weighted by Gasteiger charge is 2.39. The van der Waals surface area contributed by atoms with E-state index in [1.54, 1.807) is 13.8 Å². The van der Waals surface area contributed by atoms with Gasteiger partial charge in [-0.3, -0.25) is 4.90 Å². The lowest BCUT2D eigenvalue weighted by Gasteiger charge is -2.26. The average Bonchev–Trinajstić information content (AvgIpc) is 3.01. The zero-order valence-electron chi connectivity index (χ0n) is 11.8. The lowest BCUT2D eigenvalue weighted by atomic mass is 10.0. The summed E-state index contributed by atoms with van der Waals surface area (Å²) in [6, 6.07) is -1.20. The van der Waals surface area contributed by atoms with Crippen molar-refractivity contribution < 1.29 is 23.9 Å². The lowest BCUT2D eigenvalue weighted by molar-refractivity contribution is -0.165. The SMILES string of the molecule is CC(C)C(C(=O)OC(=O)[C@@H]1CCCN1)N1CCOC1=O. The van der Waals surface area contributed by atoms with Gasteiger partial charge in [0.15, 0.2) is 0 Å². The molecular formula is C13H20N2O5. The number of hydrogen-bond acceptors (Lipinski definition) is 6. The molecule has 0 aliphatic carbocycles. The molecule has 0 aromatic rings. The van der Waals surface area contributed by atoms with E-state index in [2.05, 4.69) is 5.32 Å². The first-order chi connectivity index (χ1) is 9.50. The van der Waals surface area contributed by atoms with Gasteiger partial charge in [0.1, 0.15) is 18.7 Å². The fourth-order valence-corrected chi connectivity index (χ4v) is 2.53. The molecule has 2 aliphatic heterocycles. The monoisotopic (exact) mass is 284 g/mol. The molecule has 2 atom stereocenters. The minimum atomic E-state index is -0.782. The van der Waals surface area contributed by atoms with E-state index in [-0.39, 0.29) is 12.5 Å². The molecule has 7 heteroatoms. The first kappa shape index (κ1) is 14.8. The number of hydrogen-bond donors (Lipinski definition) is 1. The van der Waals surface area contributed by atoms with Gasteiger partial charge in [-0.05, 0) is 25.3 Å². The Labute approximate surface area is 117 Å². The highest BCUT2D eigenvalue weighted by molar-refractivity contribution is 5.92. The van der Waals surface area contributed by atoms with Crippen LogP contribution in [0.3, 0.4) is 0 Å². The van der Waals surface area contributed by atoms with Crippen LogP contribution in [-0.2, 0) is 19.1 Å². The van der Waals surface area contributed by atoms with Gasteiger partial charge < -0.3 is 14.8 Å². The molecule has 1 unspecified atom stereocenters. The quantitative estimate of drug-likeness (QED) is 0.590. The summed E-state index contributed by atoms with van der Waals surface area (Å²) >= 11 is 0. The van der Waals surface area contributed by atoms with Crippen LogP contribution in [0.15, 0.2) is 0 Å². The highest BCUT2D eigenvalue weighted by Crippen LogP contribution is 2.18. The summed E-state index contributed by atoms with van der Waals surface area (Å²) in [6.07, 6.45) is 1.02. The molecule has 112 valence electrons. The molecule has 2 rings (SSSR count). The van der Waals surface area contributed by atoms with Crippen LogP contribution >= 0.6 is 0 Å². The maximum Gasteiger partial charge on any atom is 0.410 e. The van der Waals surface area contributed by atoms with Crippen molar-refractivity contribution in [1.82, 2.24) is 10.2 Å². The van der Waals surface area contributed by atoms with Gasteiger partial charge in [0, 0.05) is 0 Å². The first-order valence-electron chi connectivity index (χ1n) is 6.93. The van der Waals surface area contributed by atoms with Crippen LogP contribution in [0.2, 0.25) is 0 Å². The second-order valence-corrected chi connectivity index (χ2v) is 5.39. The molecule has 2 fully saturated rings. The summed E-state index contributed by atoms with van der Waals surface area (Å²) in [5, 5.41) is 2.98. The number of esters is 2. The van der Waals surface area contributed by atoms with Gasteiger partial charge in [-0.2, -0.15) is 0 Å². The van der Waals surface area contributed by atoms with E-state index in [0.717, 1.165) is 13.0 Å². The molecule has 20 heavy (non-hydrogen) atoms. The number of cyclic esters (lactones) is 1. The zero-order chi connectivity index (χ0) is 14.7. The van der Waals surface area contributed by atoms with Crippen molar-refractivity contribution >= 4 is 18.0 Å². The Bertz CT molecular complexity index is 404. The van der Waals surface area contributed by atoms with Crippen molar-refractivity contribution in [3.63, 3.8) is 0 Å². The molecule has 2 heterocycles. The first-order valence-corrected chi connectivity index (χ1v) is 6.93. The molecule has 2 saturated heterocycles. The standard InChI is InChI=1S/C13H20N2O5/c1-8(2)10(15-6-7-19-13(15)18)12(17)20-11(16)9-4-3-5-14-9/h8-10,14H,3-7H2,1-2H3/t9-,10?/m0/s1. The molecule has 1 N–H and O–H groups in total. The maximum absolute atomic E-state index is 12.2. The number of carbonyl (C=O) groups excluding carboxylic acids is 3. The van der Waals surface area contributed by atoms with Gasteiger partial charge in [-0.15, -0.1) is 0 Å². The molecular weight excluding hydrogens is 264 g/mol. The fraction of sp³-hybridized carbons (Fsp3) is 0.769. The van der Waals surface area contributed by atoms with Crippen molar-refractivity contribution in [3.05, 3.63) is 0 Å². The predicted octanol–water partition coefficient (Wildman–Crippen LogP) is 0.285. The second-order valence-electron chi connectivity index (χ2n) is 5.39. The number of amides is 1. The van der Waals surface area contributed by atoms with Gasteiger partial charge in [-0.25, -0.2) is 14.4 Å². The highest BCUT2D eigenvalue weighted by atomic mass is 16.6. The Hall–Kier alpha value is -1.63. The minimum absolute atomic E-state index is 0.155. The number of carbonyl (C=O) groups is 3. The van der Waals surface area contributed by atoms with Crippen LogP contribution in [0.4, 0.5) is 4.79 Å². The average molecular weight is 284 g/mol. The molecule has 0 saturated carbocycles. The normalized spacial score (nSPS) is 23.9. The van der Waals surface area contributed by atoms with E-state index in [1.165, 1.54) is 4.90 Å². The smallest absolute Gasteiger partial charge is 0.410 e. The number of rotatable bonds is 4. The van der Waals surface area contributed by atoms with Gasteiger partial charge in [0.05, 0.1) is 6.54 Å². The van der Waals surface area contributed by atoms with Crippen molar-refractivity contribution in [2.75, 3.05) is 19.7 Å². The van der Waals surface area contributed by atoms with Crippen LogP contribution in [0.5, 0.6) is 0 Å². The largest absolute Gasteiger partial charge is 0.448 e. The summed E-state index contributed by atoms with van der Waals surface area (Å²) in [7, 11) is 0. The third-order valence-corrected chi connectivity index (χ3v) is 3.55. The summed E-state index contributed by atoms with van der Waals surface area (Å²) in [5.74, 6) is -1.40. The summed E-state index contributed by atoms with van der Waals surface area (Å²) in [6.45, 7) is 4.95. The van der Waals surface area contributed by atoms with Crippen LogP contribution in [-0.4, -0.2) is 54.7 Å². The summed E-state index contributed by atoms with van der Waals surface area (Å²) in [5.41, 5.74) is 0. The zero-order valence-corrected chi connectivity index (χ0v) is 11.8. The van der Waals surface area contributed by atoms with Gasteiger partial charge in [0.25, 0.3) is 0 Å².